The van der Waals surface area contributed by atoms with Crippen LogP contribution in [0.2, 0.25) is 0 Å². The van der Waals surface area contributed by atoms with E-state index in [0.717, 1.165) is 22.7 Å². The number of hydrogen-bond donors (Lipinski definition) is 1. The number of hydrogen-bond acceptors (Lipinski definition) is 3. The molecule has 0 aliphatic rings. The number of benzene rings is 2. The Morgan fingerprint density at radius 1 is 1.16 bits per heavy atom. The Labute approximate surface area is 113 Å². The minimum absolute atomic E-state index is 0.609. The quantitative estimate of drug-likeness (QED) is 0.894. The van der Waals surface area contributed by atoms with Gasteiger partial charge < -0.3 is 10.1 Å². The first-order valence-electron chi connectivity index (χ1n) is 6.24. The lowest BCUT2D eigenvalue weighted by molar-refractivity contribution is 0.342. The predicted molar refractivity (Wildman–Crippen MR) is 76.8 cm³/mol. The number of nitriles is 1. The maximum Gasteiger partial charge on any atom is 0.142 e. The lowest BCUT2D eigenvalue weighted by atomic mass is 10.1. The standard InChI is InChI=1S/C16H16N2O/c1-3-19-16-7-5-4-6-14(16)18-15-10-12(2)8-9-13(15)11-17/h4-10,18H,3H2,1-2H3. The van der Waals surface area contributed by atoms with Crippen LogP contribution >= 0.6 is 0 Å². The number of para-hydroxylation sites is 2. The van der Waals surface area contributed by atoms with Gasteiger partial charge in [0.1, 0.15) is 11.8 Å². The fourth-order valence-electron chi connectivity index (χ4n) is 1.86. The molecular formula is C16H16N2O. The maximum absolute atomic E-state index is 9.14. The molecule has 0 saturated carbocycles. The third-order valence-electron chi connectivity index (χ3n) is 2.75. The summed E-state index contributed by atoms with van der Waals surface area (Å²) in [6.07, 6.45) is 0. The van der Waals surface area contributed by atoms with Crippen molar-refractivity contribution in [2.75, 3.05) is 11.9 Å². The first kappa shape index (κ1) is 13.0. The Morgan fingerprint density at radius 3 is 2.68 bits per heavy atom. The van der Waals surface area contributed by atoms with Crippen molar-refractivity contribution in [1.29, 1.82) is 5.26 Å². The van der Waals surface area contributed by atoms with Crippen molar-refractivity contribution in [3.8, 4) is 11.8 Å². The Morgan fingerprint density at radius 2 is 1.95 bits per heavy atom. The van der Waals surface area contributed by atoms with Gasteiger partial charge in [-0.1, -0.05) is 18.2 Å². The van der Waals surface area contributed by atoms with Crippen molar-refractivity contribution >= 4 is 11.4 Å². The highest BCUT2D eigenvalue weighted by Gasteiger charge is 2.06. The Bertz CT molecular complexity index is 614. The fourth-order valence-corrected chi connectivity index (χ4v) is 1.86. The van der Waals surface area contributed by atoms with Crippen LogP contribution in [0, 0.1) is 18.3 Å². The normalized spacial score (nSPS) is 9.74. The molecule has 0 aromatic heterocycles. The number of anilines is 2. The van der Waals surface area contributed by atoms with Crippen LogP contribution in [0.3, 0.4) is 0 Å². The third kappa shape index (κ3) is 3.05. The van der Waals surface area contributed by atoms with Gasteiger partial charge in [-0.2, -0.15) is 5.26 Å². The number of aryl methyl sites for hydroxylation is 1. The summed E-state index contributed by atoms with van der Waals surface area (Å²) < 4.78 is 5.57. The zero-order valence-corrected chi connectivity index (χ0v) is 11.1. The van der Waals surface area contributed by atoms with Crippen LogP contribution in [0.5, 0.6) is 5.75 Å². The molecule has 0 atom stereocenters. The molecule has 0 saturated heterocycles. The van der Waals surface area contributed by atoms with Crippen LogP contribution in [0.1, 0.15) is 18.1 Å². The molecule has 0 heterocycles. The van der Waals surface area contributed by atoms with Gasteiger partial charge in [0.05, 0.1) is 23.5 Å². The molecule has 0 aliphatic carbocycles. The summed E-state index contributed by atoms with van der Waals surface area (Å²) in [4.78, 5) is 0. The highest BCUT2D eigenvalue weighted by atomic mass is 16.5. The zero-order valence-electron chi connectivity index (χ0n) is 11.1. The van der Waals surface area contributed by atoms with E-state index in [4.69, 9.17) is 10.00 Å². The van der Waals surface area contributed by atoms with Crippen molar-refractivity contribution < 1.29 is 4.74 Å². The molecule has 0 bridgehead atoms. The molecule has 0 aliphatic heterocycles. The third-order valence-corrected chi connectivity index (χ3v) is 2.75. The van der Waals surface area contributed by atoms with Gasteiger partial charge in [0.2, 0.25) is 0 Å². The van der Waals surface area contributed by atoms with Crippen LogP contribution in [0.4, 0.5) is 11.4 Å². The first-order chi connectivity index (χ1) is 9.24. The highest BCUT2D eigenvalue weighted by molar-refractivity contribution is 5.71. The van der Waals surface area contributed by atoms with Crippen LogP contribution in [0.15, 0.2) is 42.5 Å². The second kappa shape index (κ2) is 5.92. The molecule has 3 nitrogen and oxygen atoms in total. The predicted octanol–water partition coefficient (Wildman–Crippen LogP) is 4.01. The monoisotopic (exact) mass is 252 g/mol. The van der Waals surface area contributed by atoms with E-state index < -0.39 is 0 Å². The summed E-state index contributed by atoms with van der Waals surface area (Å²) in [5.74, 6) is 0.787. The van der Waals surface area contributed by atoms with Gasteiger partial charge in [-0.15, -0.1) is 0 Å². The summed E-state index contributed by atoms with van der Waals surface area (Å²) in [6.45, 7) is 4.56. The van der Waals surface area contributed by atoms with Gasteiger partial charge in [-0.3, -0.25) is 0 Å². The minimum Gasteiger partial charge on any atom is -0.492 e. The zero-order chi connectivity index (χ0) is 13.7. The largest absolute Gasteiger partial charge is 0.492 e. The summed E-state index contributed by atoms with van der Waals surface area (Å²) >= 11 is 0. The van der Waals surface area contributed by atoms with Crippen LogP contribution in [-0.4, -0.2) is 6.61 Å². The molecule has 19 heavy (non-hydrogen) atoms. The molecule has 3 heteroatoms. The van der Waals surface area contributed by atoms with Crippen LogP contribution < -0.4 is 10.1 Å². The number of rotatable bonds is 4. The molecule has 0 unspecified atom stereocenters. The lowest BCUT2D eigenvalue weighted by Gasteiger charge is -2.13. The molecule has 2 rings (SSSR count). The molecule has 2 aromatic carbocycles. The fraction of sp³-hybridized carbons (Fsp3) is 0.188. The summed E-state index contributed by atoms with van der Waals surface area (Å²) in [6, 6.07) is 15.6. The lowest BCUT2D eigenvalue weighted by Crippen LogP contribution is -1.99. The average molecular weight is 252 g/mol. The van der Waals surface area contributed by atoms with Crippen molar-refractivity contribution in [2.24, 2.45) is 0 Å². The number of nitrogens with one attached hydrogen (secondary N) is 1. The second-order valence-corrected chi connectivity index (χ2v) is 4.22. The number of nitrogens with zero attached hydrogens (tertiary/aromatic N) is 1. The van der Waals surface area contributed by atoms with Crippen molar-refractivity contribution in [3.63, 3.8) is 0 Å². The van der Waals surface area contributed by atoms with Crippen molar-refractivity contribution in [1.82, 2.24) is 0 Å². The topological polar surface area (TPSA) is 45.0 Å². The summed E-state index contributed by atoms with van der Waals surface area (Å²) in [7, 11) is 0. The summed E-state index contributed by atoms with van der Waals surface area (Å²) in [5, 5.41) is 12.4. The van der Waals surface area contributed by atoms with E-state index in [9.17, 15) is 0 Å². The van der Waals surface area contributed by atoms with Crippen molar-refractivity contribution in [2.45, 2.75) is 13.8 Å². The molecule has 0 fully saturated rings. The van der Waals surface area contributed by atoms with Gasteiger partial charge in [0, 0.05) is 0 Å². The number of ether oxygens (including phenoxy) is 1. The van der Waals surface area contributed by atoms with E-state index in [-0.39, 0.29) is 0 Å². The summed E-state index contributed by atoms with van der Waals surface area (Å²) in [5.41, 5.74) is 3.40. The molecule has 0 spiro atoms. The van der Waals surface area contributed by atoms with E-state index in [1.54, 1.807) is 0 Å². The molecule has 2 aromatic rings. The van der Waals surface area contributed by atoms with Gasteiger partial charge in [0.15, 0.2) is 0 Å². The molecule has 0 amide bonds. The Kier molecular flexibility index (Phi) is 4.04. The molecule has 96 valence electrons. The van der Waals surface area contributed by atoms with E-state index in [1.807, 2.05) is 56.3 Å². The van der Waals surface area contributed by atoms with Gasteiger partial charge in [-0.25, -0.2) is 0 Å². The highest BCUT2D eigenvalue weighted by Crippen LogP contribution is 2.29. The SMILES string of the molecule is CCOc1ccccc1Nc1cc(C)ccc1C#N. The van der Waals surface area contributed by atoms with Crippen LogP contribution in [-0.2, 0) is 0 Å². The van der Waals surface area contributed by atoms with E-state index in [2.05, 4.69) is 11.4 Å². The van der Waals surface area contributed by atoms with Gasteiger partial charge in [-0.05, 0) is 43.7 Å². The molecular weight excluding hydrogens is 236 g/mol. The second-order valence-electron chi connectivity index (χ2n) is 4.22. The molecule has 0 radical (unpaired) electrons. The smallest absolute Gasteiger partial charge is 0.142 e. The van der Waals surface area contributed by atoms with Gasteiger partial charge >= 0.3 is 0 Å². The average Bonchev–Trinajstić information content (AvgIpc) is 2.42. The van der Waals surface area contributed by atoms with Gasteiger partial charge in [0.25, 0.3) is 0 Å². The van der Waals surface area contributed by atoms with E-state index in [1.165, 1.54) is 0 Å². The molecule has 1 N–H and O–H groups in total. The minimum atomic E-state index is 0.609. The maximum atomic E-state index is 9.14. The van der Waals surface area contributed by atoms with Crippen molar-refractivity contribution in [3.05, 3.63) is 53.6 Å². The Balaban J connectivity index is 2.36. The Hall–Kier alpha value is -2.47. The van der Waals surface area contributed by atoms with Crippen LogP contribution in [0.25, 0.3) is 0 Å². The first-order valence-corrected chi connectivity index (χ1v) is 6.24. The van der Waals surface area contributed by atoms with E-state index in [0.29, 0.717) is 12.2 Å². The van der Waals surface area contributed by atoms with E-state index >= 15 is 0 Å².